The van der Waals surface area contributed by atoms with Gasteiger partial charge in [0.2, 0.25) is 0 Å². The summed E-state index contributed by atoms with van der Waals surface area (Å²) in [5.74, 6) is -0.125. The molecule has 0 aliphatic carbocycles. The van der Waals surface area contributed by atoms with Gasteiger partial charge in [-0.2, -0.15) is 5.10 Å². The number of ether oxygens (including phenoxy) is 1. The highest BCUT2D eigenvalue weighted by Gasteiger charge is 2.15. The Morgan fingerprint density at radius 1 is 1.35 bits per heavy atom. The van der Waals surface area contributed by atoms with Crippen molar-refractivity contribution in [1.82, 2.24) is 9.78 Å². The molecule has 0 radical (unpaired) electrons. The molecule has 5 nitrogen and oxygen atoms in total. The quantitative estimate of drug-likeness (QED) is 0.739. The molecular weight excluding hydrogens is 290 g/mol. The number of benzene rings is 1. The SMILES string of the molecule is C=CC(=O)N(Cc1cnn(CCOC)c1)c1cc(C)cc(C)c1. The number of rotatable bonds is 7. The van der Waals surface area contributed by atoms with E-state index in [0.717, 1.165) is 22.4 Å². The summed E-state index contributed by atoms with van der Waals surface area (Å²) in [7, 11) is 1.66. The number of hydrogen-bond donors (Lipinski definition) is 0. The lowest BCUT2D eigenvalue weighted by Gasteiger charge is -2.21. The van der Waals surface area contributed by atoms with Crippen LogP contribution in [-0.4, -0.2) is 29.4 Å². The second-order valence-electron chi connectivity index (χ2n) is 5.58. The van der Waals surface area contributed by atoms with Crippen LogP contribution >= 0.6 is 0 Å². The van der Waals surface area contributed by atoms with Crippen molar-refractivity contribution in [2.24, 2.45) is 0 Å². The van der Waals surface area contributed by atoms with E-state index in [1.807, 2.05) is 36.9 Å². The average molecular weight is 313 g/mol. The van der Waals surface area contributed by atoms with Gasteiger partial charge in [0.25, 0.3) is 5.91 Å². The van der Waals surface area contributed by atoms with Crippen LogP contribution < -0.4 is 4.90 Å². The Morgan fingerprint density at radius 3 is 2.65 bits per heavy atom. The molecule has 1 aromatic heterocycles. The Balaban J connectivity index is 2.23. The standard InChI is InChI=1S/C18H23N3O2/c1-5-18(22)21(17-9-14(2)8-15(3)10-17)13-16-11-19-20(12-16)6-7-23-4/h5,8-12H,1,6-7,13H2,2-4H3. The number of anilines is 1. The van der Waals surface area contributed by atoms with E-state index in [4.69, 9.17) is 4.74 Å². The van der Waals surface area contributed by atoms with Crippen molar-refractivity contribution < 1.29 is 9.53 Å². The van der Waals surface area contributed by atoms with E-state index in [1.54, 1.807) is 18.2 Å². The van der Waals surface area contributed by atoms with Gasteiger partial charge in [0, 0.05) is 24.6 Å². The molecule has 1 amide bonds. The monoisotopic (exact) mass is 313 g/mol. The van der Waals surface area contributed by atoms with Crippen molar-refractivity contribution >= 4 is 11.6 Å². The predicted octanol–water partition coefficient (Wildman–Crippen LogP) is 2.87. The molecule has 23 heavy (non-hydrogen) atoms. The van der Waals surface area contributed by atoms with Gasteiger partial charge in [0.05, 0.1) is 25.9 Å². The predicted molar refractivity (Wildman–Crippen MR) is 91.4 cm³/mol. The largest absolute Gasteiger partial charge is 0.383 e. The van der Waals surface area contributed by atoms with Gasteiger partial charge in [-0.15, -0.1) is 0 Å². The first-order valence-electron chi connectivity index (χ1n) is 7.56. The highest BCUT2D eigenvalue weighted by molar-refractivity contribution is 6.01. The van der Waals surface area contributed by atoms with Gasteiger partial charge in [-0.25, -0.2) is 0 Å². The lowest BCUT2D eigenvalue weighted by molar-refractivity contribution is -0.114. The summed E-state index contributed by atoms with van der Waals surface area (Å²) < 4.78 is 6.87. The topological polar surface area (TPSA) is 47.4 Å². The Kier molecular flexibility index (Phi) is 5.71. The maximum absolute atomic E-state index is 12.3. The maximum Gasteiger partial charge on any atom is 0.250 e. The minimum Gasteiger partial charge on any atom is -0.383 e. The van der Waals surface area contributed by atoms with Crippen LogP contribution in [0.5, 0.6) is 0 Å². The number of aromatic nitrogens is 2. The van der Waals surface area contributed by atoms with Crippen LogP contribution in [-0.2, 0) is 22.6 Å². The van der Waals surface area contributed by atoms with E-state index >= 15 is 0 Å². The van der Waals surface area contributed by atoms with E-state index < -0.39 is 0 Å². The van der Waals surface area contributed by atoms with E-state index in [1.165, 1.54) is 6.08 Å². The molecule has 0 spiro atoms. The summed E-state index contributed by atoms with van der Waals surface area (Å²) in [6, 6.07) is 6.09. The van der Waals surface area contributed by atoms with Crippen LogP contribution in [0.3, 0.4) is 0 Å². The summed E-state index contributed by atoms with van der Waals surface area (Å²) in [5, 5.41) is 4.29. The molecule has 2 aromatic rings. The van der Waals surface area contributed by atoms with Crippen molar-refractivity contribution in [3.8, 4) is 0 Å². The Bertz CT molecular complexity index is 671. The number of nitrogens with zero attached hydrogens (tertiary/aromatic N) is 3. The molecular formula is C18H23N3O2. The molecule has 0 unspecified atom stereocenters. The van der Waals surface area contributed by atoms with Gasteiger partial charge in [-0.05, 0) is 43.2 Å². The first kappa shape index (κ1) is 17.0. The van der Waals surface area contributed by atoms with E-state index in [-0.39, 0.29) is 5.91 Å². The summed E-state index contributed by atoms with van der Waals surface area (Å²) in [6.45, 7) is 9.41. The van der Waals surface area contributed by atoms with E-state index in [0.29, 0.717) is 19.7 Å². The lowest BCUT2D eigenvalue weighted by atomic mass is 10.1. The zero-order valence-electron chi connectivity index (χ0n) is 14.0. The van der Waals surface area contributed by atoms with Crippen LogP contribution in [0.25, 0.3) is 0 Å². The highest BCUT2D eigenvalue weighted by atomic mass is 16.5. The molecule has 0 saturated heterocycles. The molecule has 1 aromatic carbocycles. The van der Waals surface area contributed by atoms with Crippen LogP contribution in [0, 0.1) is 13.8 Å². The normalized spacial score (nSPS) is 10.6. The third kappa shape index (κ3) is 4.53. The molecule has 0 aliphatic rings. The van der Waals surface area contributed by atoms with Crippen molar-refractivity contribution in [3.05, 3.63) is 59.9 Å². The van der Waals surface area contributed by atoms with E-state index in [2.05, 4.69) is 17.7 Å². The molecule has 0 atom stereocenters. The zero-order chi connectivity index (χ0) is 16.8. The fraction of sp³-hybridized carbons (Fsp3) is 0.333. The highest BCUT2D eigenvalue weighted by Crippen LogP contribution is 2.21. The molecule has 0 saturated carbocycles. The number of hydrogen-bond acceptors (Lipinski definition) is 3. The number of carbonyl (C=O) groups excluding carboxylic acids is 1. The van der Waals surface area contributed by atoms with Gasteiger partial charge in [-0.1, -0.05) is 12.6 Å². The summed E-state index contributed by atoms with van der Waals surface area (Å²) in [4.78, 5) is 14.0. The maximum atomic E-state index is 12.3. The van der Waals surface area contributed by atoms with Crippen molar-refractivity contribution in [2.75, 3.05) is 18.6 Å². The lowest BCUT2D eigenvalue weighted by Crippen LogP contribution is -2.28. The first-order valence-corrected chi connectivity index (χ1v) is 7.56. The van der Waals surface area contributed by atoms with E-state index in [9.17, 15) is 4.79 Å². The molecule has 0 aliphatic heterocycles. The zero-order valence-corrected chi connectivity index (χ0v) is 14.0. The van der Waals surface area contributed by atoms with Crippen LogP contribution in [0.4, 0.5) is 5.69 Å². The van der Waals surface area contributed by atoms with Crippen LogP contribution in [0.2, 0.25) is 0 Å². The average Bonchev–Trinajstić information content (AvgIpc) is 2.96. The number of amides is 1. The molecule has 0 fully saturated rings. The van der Waals surface area contributed by atoms with Gasteiger partial charge in [0.1, 0.15) is 0 Å². The number of methoxy groups -OCH3 is 1. The Labute approximate surface area is 137 Å². The number of carbonyl (C=O) groups is 1. The fourth-order valence-electron chi connectivity index (χ4n) is 2.49. The second-order valence-corrected chi connectivity index (χ2v) is 5.58. The minimum absolute atomic E-state index is 0.125. The third-order valence-electron chi connectivity index (χ3n) is 3.51. The molecule has 0 bridgehead atoms. The smallest absolute Gasteiger partial charge is 0.250 e. The Hall–Kier alpha value is -2.40. The summed E-state index contributed by atoms with van der Waals surface area (Å²) in [5.41, 5.74) is 4.09. The fourth-order valence-corrected chi connectivity index (χ4v) is 2.49. The van der Waals surface area contributed by atoms with Gasteiger partial charge in [-0.3, -0.25) is 9.48 Å². The molecule has 122 valence electrons. The molecule has 1 heterocycles. The number of aryl methyl sites for hydroxylation is 2. The van der Waals surface area contributed by atoms with Crippen molar-refractivity contribution in [1.29, 1.82) is 0 Å². The molecule has 2 rings (SSSR count). The summed E-state index contributed by atoms with van der Waals surface area (Å²) in [6.07, 6.45) is 5.06. The van der Waals surface area contributed by atoms with Crippen LogP contribution in [0.1, 0.15) is 16.7 Å². The minimum atomic E-state index is -0.125. The second kappa shape index (κ2) is 7.74. The molecule has 5 heteroatoms. The van der Waals surface area contributed by atoms with Gasteiger partial charge < -0.3 is 9.64 Å². The van der Waals surface area contributed by atoms with Crippen molar-refractivity contribution in [3.63, 3.8) is 0 Å². The van der Waals surface area contributed by atoms with Gasteiger partial charge >= 0.3 is 0 Å². The van der Waals surface area contributed by atoms with Crippen LogP contribution in [0.15, 0.2) is 43.2 Å². The summed E-state index contributed by atoms with van der Waals surface area (Å²) >= 11 is 0. The third-order valence-corrected chi connectivity index (χ3v) is 3.51. The Morgan fingerprint density at radius 2 is 2.04 bits per heavy atom. The first-order chi connectivity index (χ1) is 11.0. The van der Waals surface area contributed by atoms with Gasteiger partial charge in [0.15, 0.2) is 0 Å². The molecule has 0 N–H and O–H groups in total. The van der Waals surface area contributed by atoms with Crippen molar-refractivity contribution in [2.45, 2.75) is 26.9 Å².